The van der Waals surface area contributed by atoms with Crippen molar-refractivity contribution in [2.75, 3.05) is 13.1 Å². The van der Waals surface area contributed by atoms with E-state index in [2.05, 4.69) is 10.1 Å². The Hall–Kier alpha value is -0.870. The number of nitrogens with zero attached hydrogens (tertiary/aromatic N) is 2. The average molecular weight is 182 g/mol. The van der Waals surface area contributed by atoms with Crippen LogP contribution in [0.15, 0.2) is 10.6 Å². The van der Waals surface area contributed by atoms with Crippen molar-refractivity contribution in [3.05, 3.63) is 17.5 Å². The molecule has 1 aliphatic heterocycles. The Labute approximate surface area is 77.1 Å². The summed E-state index contributed by atoms with van der Waals surface area (Å²) in [7, 11) is 0. The number of likely N-dealkylation sites (tertiary alicyclic amines) is 1. The maximum atomic E-state index is 9.29. The molecule has 4 nitrogen and oxygen atoms in total. The van der Waals surface area contributed by atoms with Crippen LogP contribution in [0.1, 0.15) is 17.9 Å². The molecule has 1 atom stereocenters. The lowest BCUT2D eigenvalue weighted by atomic mass is 10.3. The van der Waals surface area contributed by atoms with Gasteiger partial charge in [-0.25, -0.2) is 0 Å². The molecule has 1 fully saturated rings. The average Bonchev–Trinajstić information content (AvgIpc) is 2.62. The van der Waals surface area contributed by atoms with Crippen molar-refractivity contribution in [1.29, 1.82) is 0 Å². The summed E-state index contributed by atoms with van der Waals surface area (Å²) in [5.74, 6) is 0.881. The van der Waals surface area contributed by atoms with Gasteiger partial charge in [-0.3, -0.25) is 4.90 Å². The van der Waals surface area contributed by atoms with Gasteiger partial charge in [0.05, 0.1) is 18.3 Å². The van der Waals surface area contributed by atoms with Gasteiger partial charge in [-0.05, 0) is 13.3 Å². The summed E-state index contributed by atoms with van der Waals surface area (Å²) in [5.41, 5.74) is 0.912. The topological polar surface area (TPSA) is 49.5 Å². The fourth-order valence-electron chi connectivity index (χ4n) is 1.67. The number of aryl methyl sites for hydroxylation is 1. The van der Waals surface area contributed by atoms with Crippen molar-refractivity contribution in [3.63, 3.8) is 0 Å². The van der Waals surface area contributed by atoms with E-state index in [4.69, 9.17) is 4.52 Å². The molecule has 1 aliphatic rings. The van der Waals surface area contributed by atoms with Crippen LogP contribution in [0, 0.1) is 6.92 Å². The Morgan fingerprint density at radius 3 is 3.15 bits per heavy atom. The van der Waals surface area contributed by atoms with Gasteiger partial charge in [0.2, 0.25) is 0 Å². The van der Waals surface area contributed by atoms with Crippen LogP contribution in [0.4, 0.5) is 0 Å². The molecule has 1 N–H and O–H groups in total. The first-order chi connectivity index (χ1) is 6.24. The van der Waals surface area contributed by atoms with E-state index in [1.165, 1.54) is 0 Å². The van der Waals surface area contributed by atoms with Crippen molar-refractivity contribution in [1.82, 2.24) is 10.1 Å². The van der Waals surface area contributed by atoms with E-state index in [1.807, 2.05) is 13.0 Å². The van der Waals surface area contributed by atoms with Crippen molar-refractivity contribution < 1.29 is 9.63 Å². The molecule has 1 aromatic heterocycles. The molecule has 2 rings (SSSR count). The van der Waals surface area contributed by atoms with Gasteiger partial charge in [0.25, 0.3) is 0 Å². The monoisotopic (exact) mass is 182 g/mol. The molecule has 0 radical (unpaired) electrons. The largest absolute Gasteiger partial charge is 0.392 e. The van der Waals surface area contributed by atoms with Crippen LogP contribution in [0.25, 0.3) is 0 Å². The van der Waals surface area contributed by atoms with Crippen LogP contribution in [0.2, 0.25) is 0 Å². The molecule has 0 amide bonds. The second-order valence-electron chi connectivity index (χ2n) is 3.61. The molecule has 72 valence electrons. The van der Waals surface area contributed by atoms with Crippen LogP contribution in [-0.2, 0) is 6.54 Å². The maximum Gasteiger partial charge on any atom is 0.150 e. The predicted molar refractivity (Wildman–Crippen MR) is 47.1 cm³/mol. The second-order valence-corrected chi connectivity index (χ2v) is 3.61. The second kappa shape index (κ2) is 3.47. The normalized spacial score (nSPS) is 24.0. The van der Waals surface area contributed by atoms with Crippen LogP contribution < -0.4 is 0 Å². The molecule has 0 aliphatic carbocycles. The van der Waals surface area contributed by atoms with Crippen LogP contribution in [0.5, 0.6) is 0 Å². The Balaban J connectivity index is 1.91. The number of rotatable bonds is 2. The number of aliphatic hydroxyl groups excluding tert-OH is 1. The van der Waals surface area contributed by atoms with E-state index in [0.717, 1.165) is 37.5 Å². The number of hydrogen-bond acceptors (Lipinski definition) is 4. The first-order valence-electron chi connectivity index (χ1n) is 4.56. The molecule has 13 heavy (non-hydrogen) atoms. The SMILES string of the molecule is Cc1cc(CN2CC[C@@H](O)C2)on1. The summed E-state index contributed by atoms with van der Waals surface area (Å²) in [4.78, 5) is 2.17. The van der Waals surface area contributed by atoms with Gasteiger partial charge in [-0.15, -0.1) is 0 Å². The lowest BCUT2D eigenvalue weighted by Gasteiger charge is -2.11. The molecule has 0 unspecified atom stereocenters. The van der Waals surface area contributed by atoms with Crippen molar-refractivity contribution in [2.45, 2.75) is 26.0 Å². The molecule has 2 heterocycles. The fourth-order valence-corrected chi connectivity index (χ4v) is 1.67. The zero-order valence-electron chi connectivity index (χ0n) is 7.73. The maximum absolute atomic E-state index is 9.29. The van der Waals surface area contributed by atoms with E-state index < -0.39 is 0 Å². The molecule has 0 bridgehead atoms. The van der Waals surface area contributed by atoms with Crippen molar-refractivity contribution in [2.24, 2.45) is 0 Å². The van der Waals surface area contributed by atoms with Gasteiger partial charge in [-0.2, -0.15) is 0 Å². The van der Waals surface area contributed by atoms with Gasteiger partial charge in [0.15, 0.2) is 5.76 Å². The zero-order chi connectivity index (χ0) is 9.26. The molecule has 0 spiro atoms. The summed E-state index contributed by atoms with van der Waals surface area (Å²) >= 11 is 0. The van der Waals surface area contributed by atoms with E-state index >= 15 is 0 Å². The highest BCUT2D eigenvalue weighted by molar-refractivity contribution is 5.03. The lowest BCUT2D eigenvalue weighted by Crippen LogP contribution is -2.21. The van der Waals surface area contributed by atoms with Gasteiger partial charge in [-0.1, -0.05) is 5.16 Å². The zero-order valence-corrected chi connectivity index (χ0v) is 7.73. The van der Waals surface area contributed by atoms with Gasteiger partial charge >= 0.3 is 0 Å². The molecule has 4 heteroatoms. The summed E-state index contributed by atoms with van der Waals surface area (Å²) in [6.45, 7) is 4.37. The van der Waals surface area contributed by atoms with E-state index in [9.17, 15) is 5.11 Å². The molecular formula is C9H14N2O2. The van der Waals surface area contributed by atoms with E-state index in [1.54, 1.807) is 0 Å². The van der Waals surface area contributed by atoms with Gasteiger partial charge in [0.1, 0.15) is 0 Å². The predicted octanol–water partition coefficient (Wildman–Crippen LogP) is 0.550. The Kier molecular flexibility index (Phi) is 2.33. The fraction of sp³-hybridized carbons (Fsp3) is 0.667. The smallest absolute Gasteiger partial charge is 0.150 e. The standard InChI is InChI=1S/C9H14N2O2/c1-7-4-9(13-10-7)6-11-3-2-8(12)5-11/h4,8,12H,2-3,5-6H2,1H3/t8-/m1/s1. The molecule has 0 aromatic carbocycles. The summed E-state index contributed by atoms with van der Waals surface area (Å²) in [6.07, 6.45) is 0.705. The molecular weight excluding hydrogens is 168 g/mol. The Morgan fingerprint density at radius 1 is 1.77 bits per heavy atom. The third-order valence-corrected chi connectivity index (χ3v) is 2.30. The summed E-state index contributed by atoms with van der Waals surface area (Å²) in [6, 6.07) is 1.94. The third kappa shape index (κ3) is 2.08. The van der Waals surface area contributed by atoms with Crippen LogP contribution in [-0.4, -0.2) is 34.4 Å². The van der Waals surface area contributed by atoms with Gasteiger partial charge < -0.3 is 9.63 Å². The van der Waals surface area contributed by atoms with E-state index in [0.29, 0.717) is 0 Å². The highest BCUT2D eigenvalue weighted by atomic mass is 16.5. The number of hydrogen-bond donors (Lipinski definition) is 1. The number of aromatic nitrogens is 1. The lowest BCUT2D eigenvalue weighted by molar-refractivity contribution is 0.170. The highest BCUT2D eigenvalue weighted by Crippen LogP contribution is 2.13. The minimum Gasteiger partial charge on any atom is -0.392 e. The van der Waals surface area contributed by atoms with Gasteiger partial charge in [0, 0.05) is 19.2 Å². The Bertz CT molecular complexity index is 285. The van der Waals surface area contributed by atoms with Crippen LogP contribution >= 0.6 is 0 Å². The Morgan fingerprint density at radius 2 is 2.62 bits per heavy atom. The minimum atomic E-state index is -0.163. The molecule has 1 saturated heterocycles. The molecule has 1 aromatic rings. The minimum absolute atomic E-state index is 0.163. The molecule has 0 saturated carbocycles. The third-order valence-electron chi connectivity index (χ3n) is 2.30. The van der Waals surface area contributed by atoms with E-state index in [-0.39, 0.29) is 6.10 Å². The van der Waals surface area contributed by atoms with Crippen molar-refractivity contribution in [3.8, 4) is 0 Å². The van der Waals surface area contributed by atoms with Crippen LogP contribution in [0.3, 0.4) is 0 Å². The first-order valence-corrected chi connectivity index (χ1v) is 4.56. The number of aliphatic hydroxyl groups is 1. The highest BCUT2D eigenvalue weighted by Gasteiger charge is 2.20. The first kappa shape index (κ1) is 8.72. The number of β-amino-alcohol motifs (C(OH)–C–C–N with tert-alkyl or cyclic N) is 1. The summed E-state index contributed by atoms with van der Waals surface area (Å²) in [5, 5.41) is 13.1. The quantitative estimate of drug-likeness (QED) is 0.725. The van der Waals surface area contributed by atoms with Crippen molar-refractivity contribution >= 4 is 0 Å². The summed E-state index contributed by atoms with van der Waals surface area (Å²) < 4.78 is 5.09.